The Balaban J connectivity index is 1.49. The number of nitrogens with zero attached hydrogens (tertiary/aromatic N) is 2. The highest BCUT2D eigenvalue weighted by atomic mass is 19.2. The van der Waals surface area contributed by atoms with E-state index in [9.17, 15) is 22.8 Å². The zero-order valence-corrected chi connectivity index (χ0v) is 18.6. The van der Waals surface area contributed by atoms with Crippen LogP contribution in [-0.2, 0) is 6.54 Å². The van der Waals surface area contributed by atoms with Crippen LogP contribution in [0.15, 0.2) is 42.6 Å². The Labute approximate surface area is 199 Å². The molecule has 35 heavy (non-hydrogen) atoms. The van der Waals surface area contributed by atoms with Crippen LogP contribution in [0.1, 0.15) is 39.3 Å². The van der Waals surface area contributed by atoms with Crippen molar-refractivity contribution in [2.45, 2.75) is 25.4 Å². The van der Waals surface area contributed by atoms with Gasteiger partial charge in [0.25, 0.3) is 11.8 Å². The van der Waals surface area contributed by atoms with Crippen LogP contribution in [0, 0.1) is 17.5 Å². The topological polar surface area (TPSA) is 122 Å². The van der Waals surface area contributed by atoms with Crippen LogP contribution >= 0.6 is 0 Å². The number of amides is 2. The third-order valence-electron chi connectivity index (χ3n) is 5.62. The van der Waals surface area contributed by atoms with E-state index in [1.165, 1.54) is 18.3 Å². The largest absolute Gasteiger partial charge is 0.382 e. The maximum Gasteiger partial charge on any atom is 0.274 e. The second-order valence-corrected chi connectivity index (χ2v) is 8.10. The van der Waals surface area contributed by atoms with Crippen LogP contribution in [0.3, 0.4) is 0 Å². The Kier molecular flexibility index (Phi) is 7.25. The number of nitrogens with one attached hydrogen (secondary N) is 3. The van der Waals surface area contributed by atoms with Gasteiger partial charge in [-0.15, -0.1) is 0 Å². The lowest BCUT2D eigenvalue weighted by Gasteiger charge is -2.23. The average molecular weight is 484 g/mol. The van der Waals surface area contributed by atoms with E-state index in [0.717, 1.165) is 31.5 Å². The number of nitrogens with two attached hydrogens (primary N) is 1. The molecule has 11 heteroatoms. The average Bonchev–Trinajstić information content (AvgIpc) is 2.87. The number of halogens is 3. The van der Waals surface area contributed by atoms with Crippen LogP contribution in [0.4, 0.5) is 19.0 Å². The number of benzene rings is 2. The first-order valence-electron chi connectivity index (χ1n) is 11.0. The van der Waals surface area contributed by atoms with E-state index in [-0.39, 0.29) is 35.2 Å². The molecule has 1 atom stereocenters. The van der Waals surface area contributed by atoms with Gasteiger partial charge in [0, 0.05) is 35.8 Å². The summed E-state index contributed by atoms with van der Waals surface area (Å²) in [4.78, 5) is 33.7. The van der Waals surface area contributed by atoms with Gasteiger partial charge in [0.05, 0.1) is 11.9 Å². The predicted octanol–water partition coefficient (Wildman–Crippen LogP) is 2.55. The minimum Gasteiger partial charge on any atom is -0.382 e. The smallest absolute Gasteiger partial charge is 0.274 e. The molecule has 4 rings (SSSR count). The molecule has 0 aliphatic carbocycles. The molecule has 0 bridgehead atoms. The number of nitrogen functional groups attached to an aromatic ring is 1. The number of rotatable bonds is 6. The van der Waals surface area contributed by atoms with Crippen LogP contribution in [0.5, 0.6) is 0 Å². The predicted molar refractivity (Wildman–Crippen MR) is 123 cm³/mol. The van der Waals surface area contributed by atoms with Crippen LogP contribution < -0.4 is 21.7 Å². The third-order valence-corrected chi connectivity index (χ3v) is 5.62. The summed E-state index contributed by atoms with van der Waals surface area (Å²) in [5, 5.41) is 8.58. The highest BCUT2D eigenvalue weighted by molar-refractivity contribution is 5.97. The molecular weight excluding hydrogens is 461 g/mol. The molecule has 182 valence electrons. The molecule has 3 aromatic rings. The summed E-state index contributed by atoms with van der Waals surface area (Å²) in [6.07, 6.45) is 3.18. The molecular formula is C24H23F3N6O2. The number of aromatic nitrogens is 2. The Morgan fingerprint density at radius 3 is 2.71 bits per heavy atom. The first-order chi connectivity index (χ1) is 16.8. The van der Waals surface area contributed by atoms with E-state index in [1.54, 1.807) is 12.1 Å². The second-order valence-electron chi connectivity index (χ2n) is 8.10. The normalized spacial score (nSPS) is 15.5. The minimum atomic E-state index is -1.60. The van der Waals surface area contributed by atoms with Gasteiger partial charge >= 0.3 is 0 Å². The molecule has 1 fully saturated rings. The van der Waals surface area contributed by atoms with Crippen molar-refractivity contribution < 1.29 is 22.8 Å². The Bertz CT molecular complexity index is 1260. The van der Waals surface area contributed by atoms with Crippen molar-refractivity contribution >= 4 is 17.6 Å². The van der Waals surface area contributed by atoms with Gasteiger partial charge in [0.15, 0.2) is 29.0 Å². The Morgan fingerprint density at radius 1 is 1.11 bits per heavy atom. The Morgan fingerprint density at radius 2 is 1.94 bits per heavy atom. The lowest BCUT2D eigenvalue weighted by atomic mass is 10.1. The zero-order chi connectivity index (χ0) is 24.9. The summed E-state index contributed by atoms with van der Waals surface area (Å²) in [6.45, 7) is 1.22. The van der Waals surface area contributed by atoms with Gasteiger partial charge in [-0.25, -0.2) is 23.1 Å². The summed E-state index contributed by atoms with van der Waals surface area (Å²) in [6, 6.07) is 8.14. The van der Waals surface area contributed by atoms with Crippen molar-refractivity contribution in [3.05, 3.63) is 76.9 Å². The van der Waals surface area contributed by atoms with E-state index in [0.29, 0.717) is 17.8 Å². The summed E-state index contributed by atoms with van der Waals surface area (Å²) >= 11 is 0. The maximum absolute atomic E-state index is 13.9. The Hall–Kier alpha value is -3.99. The molecule has 8 nitrogen and oxygen atoms in total. The molecule has 0 spiro atoms. The van der Waals surface area contributed by atoms with Gasteiger partial charge in [0.1, 0.15) is 0 Å². The third kappa shape index (κ3) is 5.57. The highest BCUT2D eigenvalue weighted by Gasteiger charge is 2.21. The molecule has 0 unspecified atom stereocenters. The molecule has 2 heterocycles. The van der Waals surface area contributed by atoms with E-state index >= 15 is 0 Å². The first-order valence-corrected chi connectivity index (χ1v) is 11.0. The fourth-order valence-corrected chi connectivity index (χ4v) is 3.73. The second kappa shape index (κ2) is 10.5. The highest BCUT2D eigenvalue weighted by Crippen LogP contribution is 2.21. The number of carbonyl (C=O) groups is 2. The maximum atomic E-state index is 13.9. The molecule has 5 N–H and O–H groups in total. The van der Waals surface area contributed by atoms with Gasteiger partial charge in [0.2, 0.25) is 0 Å². The molecule has 2 aromatic carbocycles. The zero-order valence-electron chi connectivity index (χ0n) is 18.6. The first kappa shape index (κ1) is 24.1. The van der Waals surface area contributed by atoms with Gasteiger partial charge in [-0.2, -0.15) is 0 Å². The van der Waals surface area contributed by atoms with Crippen molar-refractivity contribution in [3.63, 3.8) is 0 Å². The summed E-state index contributed by atoms with van der Waals surface area (Å²) in [5.74, 6) is -5.28. The minimum absolute atomic E-state index is 0.0162. The number of hydrogen-bond donors (Lipinski definition) is 4. The van der Waals surface area contributed by atoms with E-state index in [2.05, 4.69) is 25.9 Å². The van der Waals surface area contributed by atoms with Crippen molar-refractivity contribution in [2.24, 2.45) is 0 Å². The fourth-order valence-electron chi connectivity index (χ4n) is 3.73. The monoisotopic (exact) mass is 484 g/mol. The summed E-state index contributed by atoms with van der Waals surface area (Å²) < 4.78 is 40.4. The molecule has 1 saturated heterocycles. The molecule has 1 aromatic heterocycles. The van der Waals surface area contributed by atoms with Crippen molar-refractivity contribution in [2.75, 3.05) is 18.8 Å². The van der Waals surface area contributed by atoms with E-state index in [4.69, 9.17) is 5.73 Å². The number of carbonyl (C=O) groups excluding carboxylic acids is 2. The number of hydrogen-bond acceptors (Lipinski definition) is 6. The molecule has 0 saturated carbocycles. The van der Waals surface area contributed by atoms with Crippen molar-refractivity contribution in [1.82, 2.24) is 25.9 Å². The van der Waals surface area contributed by atoms with Crippen molar-refractivity contribution in [3.8, 4) is 11.3 Å². The van der Waals surface area contributed by atoms with Crippen LogP contribution in [-0.4, -0.2) is 40.9 Å². The summed E-state index contributed by atoms with van der Waals surface area (Å²) in [7, 11) is 0. The molecule has 2 amide bonds. The van der Waals surface area contributed by atoms with Gasteiger partial charge < -0.3 is 21.7 Å². The molecule has 1 aliphatic rings. The van der Waals surface area contributed by atoms with E-state index < -0.39 is 29.3 Å². The van der Waals surface area contributed by atoms with Crippen molar-refractivity contribution in [1.29, 1.82) is 0 Å². The fraction of sp³-hybridized carbons (Fsp3) is 0.250. The molecule has 0 radical (unpaired) electrons. The number of anilines is 1. The lowest BCUT2D eigenvalue weighted by Crippen LogP contribution is -2.46. The van der Waals surface area contributed by atoms with Gasteiger partial charge in [-0.1, -0.05) is 18.2 Å². The van der Waals surface area contributed by atoms with Crippen LogP contribution in [0.25, 0.3) is 11.3 Å². The summed E-state index contributed by atoms with van der Waals surface area (Å²) in [5.41, 5.74) is 6.71. The number of piperidine rings is 1. The standard InChI is InChI=1S/C24H23F3N6O2/c25-17-7-6-15(19(26)20(17)27)10-31-23(34)14-4-1-3-13(9-14)18-12-30-22(28)21(33-18)24(35)32-16-5-2-8-29-11-16/h1,3-4,6-7,9,12,16,29H,2,5,8,10-11H2,(H2,28,30)(H,31,34)(H,32,35)/t16-/m0/s1. The molecule has 1 aliphatic heterocycles. The van der Waals surface area contributed by atoms with Gasteiger partial charge in [-0.05, 0) is 37.6 Å². The quantitative estimate of drug-likeness (QED) is 0.399. The lowest BCUT2D eigenvalue weighted by molar-refractivity contribution is 0.0923. The van der Waals surface area contributed by atoms with E-state index in [1.807, 2.05) is 0 Å². The van der Waals surface area contributed by atoms with Crippen LogP contribution in [0.2, 0.25) is 0 Å². The SMILES string of the molecule is Nc1ncc(-c2cccc(C(=O)NCc3ccc(F)c(F)c3F)c2)nc1C(=O)N[C@H]1CCCNC1. The van der Waals surface area contributed by atoms with Gasteiger partial charge in [-0.3, -0.25) is 9.59 Å².